The van der Waals surface area contributed by atoms with Crippen molar-refractivity contribution in [1.82, 2.24) is 5.32 Å². The molecule has 0 bridgehead atoms. The van der Waals surface area contributed by atoms with Gasteiger partial charge in [-0.3, -0.25) is 9.59 Å². The third-order valence-corrected chi connectivity index (χ3v) is 3.87. The second-order valence-electron chi connectivity index (χ2n) is 5.94. The Kier molecular flexibility index (Phi) is 5.28. The predicted molar refractivity (Wildman–Crippen MR) is 91.5 cm³/mol. The lowest BCUT2D eigenvalue weighted by Crippen LogP contribution is -2.28. The van der Waals surface area contributed by atoms with Gasteiger partial charge >= 0.3 is 0 Å². The molecule has 0 radical (unpaired) electrons. The van der Waals surface area contributed by atoms with Crippen LogP contribution in [-0.2, 0) is 16.1 Å². The van der Waals surface area contributed by atoms with Gasteiger partial charge in [-0.15, -0.1) is 0 Å². The molecule has 6 heteroatoms. The van der Waals surface area contributed by atoms with Gasteiger partial charge in [0.05, 0.1) is 0 Å². The van der Waals surface area contributed by atoms with Crippen LogP contribution in [0.5, 0.6) is 5.75 Å². The molecule has 130 valence electrons. The lowest BCUT2D eigenvalue weighted by atomic mass is 10.2. The number of nitrogens with one attached hydrogen (secondary N) is 2. The first-order valence-corrected chi connectivity index (χ1v) is 8.15. The summed E-state index contributed by atoms with van der Waals surface area (Å²) in [4.78, 5) is 23.4. The molecule has 2 N–H and O–H groups in total. The van der Waals surface area contributed by atoms with Crippen LogP contribution in [0.4, 0.5) is 10.1 Å². The van der Waals surface area contributed by atoms with Crippen molar-refractivity contribution in [2.45, 2.75) is 19.4 Å². The Hall–Kier alpha value is -2.89. The number of halogens is 1. The monoisotopic (exact) mass is 342 g/mol. The van der Waals surface area contributed by atoms with E-state index in [1.807, 2.05) is 0 Å². The Bertz CT molecular complexity index is 758. The van der Waals surface area contributed by atoms with Crippen molar-refractivity contribution in [1.29, 1.82) is 0 Å². The van der Waals surface area contributed by atoms with Crippen LogP contribution in [0, 0.1) is 11.7 Å². The minimum Gasteiger partial charge on any atom is -0.484 e. The standard InChI is InChI=1S/C19H19FN2O3/c20-17-4-2-1-3-14(17)11-21-18(23)12-25-16-9-7-15(8-10-16)22-19(24)13-5-6-13/h1-4,7-10,13H,5-6,11-12H2,(H,21,23)(H,22,24). The number of hydrogen-bond donors (Lipinski definition) is 2. The van der Waals surface area contributed by atoms with E-state index < -0.39 is 0 Å². The van der Waals surface area contributed by atoms with Gasteiger partial charge in [0.1, 0.15) is 11.6 Å². The smallest absolute Gasteiger partial charge is 0.258 e. The molecule has 25 heavy (non-hydrogen) atoms. The number of hydrogen-bond acceptors (Lipinski definition) is 3. The second-order valence-corrected chi connectivity index (χ2v) is 5.94. The van der Waals surface area contributed by atoms with Crippen LogP contribution in [0.15, 0.2) is 48.5 Å². The molecular formula is C19H19FN2O3. The van der Waals surface area contributed by atoms with Crippen molar-refractivity contribution < 1.29 is 18.7 Å². The van der Waals surface area contributed by atoms with Gasteiger partial charge < -0.3 is 15.4 Å². The van der Waals surface area contributed by atoms with Crippen LogP contribution in [0.25, 0.3) is 0 Å². The first-order valence-electron chi connectivity index (χ1n) is 8.15. The molecule has 0 saturated heterocycles. The van der Waals surface area contributed by atoms with Gasteiger partial charge in [0.2, 0.25) is 5.91 Å². The molecule has 0 spiro atoms. The summed E-state index contributed by atoms with van der Waals surface area (Å²) in [6, 6.07) is 13.1. The van der Waals surface area contributed by atoms with E-state index in [0.29, 0.717) is 17.0 Å². The van der Waals surface area contributed by atoms with Crippen molar-refractivity contribution >= 4 is 17.5 Å². The largest absolute Gasteiger partial charge is 0.484 e. The fourth-order valence-electron chi connectivity index (χ4n) is 2.26. The molecule has 2 aromatic rings. The molecule has 2 aromatic carbocycles. The van der Waals surface area contributed by atoms with Gasteiger partial charge in [0.15, 0.2) is 6.61 Å². The van der Waals surface area contributed by atoms with Gasteiger partial charge in [-0.25, -0.2) is 4.39 Å². The Morgan fingerprint density at radius 3 is 2.48 bits per heavy atom. The van der Waals surface area contributed by atoms with Crippen LogP contribution in [0.3, 0.4) is 0 Å². The summed E-state index contributed by atoms with van der Waals surface area (Å²) in [7, 11) is 0. The zero-order valence-corrected chi connectivity index (χ0v) is 13.6. The lowest BCUT2D eigenvalue weighted by Gasteiger charge is -2.09. The normalized spacial score (nSPS) is 13.2. The summed E-state index contributed by atoms with van der Waals surface area (Å²) in [5, 5.41) is 5.44. The molecular weight excluding hydrogens is 323 g/mol. The number of amides is 2. The number of ether oxygens (including phenoxy) is 1. The number of carbonyl (C=O) groups is 2. The minimum atomic E-state index is -0.354. The SMILES string of the molecule is O=C(COc1ccc(NC(=O)C2CC2)cc1)NCc1ccccc1F. The van der Waals surface area contributed by atoms with E-state index in [9.17, 15) is 14.0 Å². The number of rotatable bonds is 7. The van der Waals surface area contributed by atoms with Gasteiger partial charge in [0, 0.05) is 23.7 Å². The maximum atomic E-state index is 13.5. The molecule has 0 aromatic heterocycles. The van der Waals surface area contributed by atoms with Crippen molar-refractivity contribution in [2.75, 3.05) is 11.9 Å². The molecule has 1 fully saturated rings. The Labute approximate surface area is 145 Å². The van der Waals surface area contributed by atoms with E-state index in [2.05, 4.69) is 10.6 Å². The summed E-state index contributed by atoms with van der Waals surface area (Å²) in [6.07, 6.45) is 1.91. The van der Waals surface area contributed by atoms with Gasteiger partial charge in [-0.1, -0.05) is 18.2 Å². The van der Waals surface area contributed by atoms with Crippen molar-refractivity contribution in [2.24, 2.45) is 5.92 Å². The summed E-state index contributed by atoms with van der Waals surface area (Å²) >= 11 is 0. The fourth-order valence-corrected chi connectivity index (χ4v) is 2.26. The van der Waals surface area contributed by atoms with E-state index in [1.54, 1.807) is 42.5 Å². The Balaban J connectivity index is 1.42. The molecule has 2 amide bonds. The molecule has 0 aliphatic heterocycles. The highest BCUT2D eigenvalue weighted by atomic mass is 19.1. The van der Waals surface area contributed by atoms with E-state index in [0.717, 1.165) is 12.8 Å². The van der Waals surface area contributed by atoms with E-state index in [-0.39, 0.29) is 36.7 Å². The predicted octanol–water partition coefficient (Wildman–Crippen LogP) is 2.87. The van der Waals surface area contributed by atoms with Crippen molar-refractivity contribution in [3.8, 4) is 5.75 Å². The summed E-state index contributed by atoms with van der Waals surface area (Å²) in [6.45, 7) is -0.0523. The topological polar surface area (TPSA) is 67.4 Å². The second kappa shape index (κ2) is 7.79. The molecule has 0 unspecified atom stereocenters. The first-order chi connectivity index (χ1) is 12.1. The van der Waals surface area contributed by atoms with E-state index >= 15 is 0 Å². The van der Waals surface area contributed by atoms with Crippen LogP contribution in [0.1, 0.15) is 18.4 Å². The third-order valence-electron chi connectivity index (χ3n) is 3.87. The average Bonchev–Trinajstić information content (AvgIpc) is 3.45. The Morgan fingerprint density at radius 1 is 1.08 bits per heavy atom. The maximum absolute atomic E-state index is 13.5. The van der Waals surface area contributed by atoms with Gasteiger partial charge in [-0.2, -0.15) is 0 Å². The van der Waals surface area contributed by atoms with Crippen molar-refractivity contribution in [3.05, 3.63) is 59.9 Å². The van der Waals surface area contributed by atoms with Gasteiger partial charge in [0.25, 0.3) is 5.91 Å². The fraction of sp³-hybridized carbons (Fsp3) is 0.263. The van der Waals surface area contributed by atoms with E-state index in [1.165, 1.54) is 6.07 Å². The number of carbonyl (C=O) groups excluding carboxylic acids is 2. The molecule has 5 nitrogen and oxygen atoms in total. The highest BCUT2D eigenvalue weighted by Crippen LogP contribution is 2.30. The highest BCUT2D eigenvalue weighted by Gasteiger charge is 2.29. The molecule has 1 aliphatic rings. The molecule has 0 heterocycles. The van der Waals surface area contributed by atoms with Crippen molar-refractivity contribution in [3.63, 3.8) is 0 Å². The van der Waals surface area contributed by atoms with Crippen LogP contribution in [-0.4, -0.2) is 18.4 Å². The third kappa shape index (κ3) is 5.04. The Morgan fingerprint density at radius 2 is 1.80 bits per heavy atom. The summed E-state index contributed by atoms with van der Waals surface area (Å²) in [5.74, 6) is 0.0163. The quantitative estimate of drug-likeness (QED) is 0.813. The zero-order valence-electron chi connectivity index (χ0n) is 13.6. The maximum Gasteiger partial charge on any atom is 0.258 e. The minimum absolute atomic E-state index is 0.0428. The molecule has 0 atom stereocenters. The molecule has 3 rings (SSSR count). The van der Waals surface area contributed by atoms with Crippen LogP contribution in [0.2, 0.25) is 0 Å². The lowest BCUT2D eigenvalue weighted by molar-refractivity contribution is -0.123. The number of anilines is 1. The zero-order chi connectivity index (χ0) is 17.6. The van der Waals surface area contributed by atoms with Crippen LogP contribution >= 0.6 is 0 Å². The van der Waals surface area contributed by atoms with Gasteiger partial charge in [-0.05, 0) is 43.2 Å². The first kappa shape index (κ1) is 17.0. The van der Waals surface area contributed by atoms with Crippen LogP contribution < -0.4 is 15.4 Å². The average molecular weight is 342 g/mol. The highest BCUT2D eigenvalue weighted by molar-refractivity contribution is 5.94. The summed E-state index contributed by atoms with van der Waals surface area (Å²) < 4.78 is 18.8. The van der Waals surface area contributed by atoms with E-state index in [4.69, 9.17) is 4.74 Å². The summed E-state index contributed by atoms with van der Waals surface area (Å²) in [5.41, 5.74) is 1.12. The number of benzene rings is 2. The molecule has 1 saturated carbocycles. The molecule has 1 aliphatic carbocycles.